The Hall–Kier alpha value is -1.91. The molecule has 20 heavy (non-hydrogen) atoms. The fourth-order valence-corrected chi connectivity index (χ4v) is 1.95. The monoisotopic (exact) mass is 277 g/mol. The van der Waals surface area contributed by atoms with E-state index in [9.17, 15) is 0 Å². The number of fused-ring (bicyclic) bond motifs is 1. The molecule has 1 aromatic carbocycles. The Bertz CT molecular complexity index is 474. The van der Waals surface area contributed by atoms with E-state index in [0.717, 1.165) is 29.9 Å². The minimum Gasteiger partial charge on any atom is -0.490 e. The second kappa shape index (κ2) is 7.03. The van der Waals surface area contributed by atoms with Gasteiger partial charge in [0.05, 0.1) is 19.8 Å². The lowest BCUT2D eigenvalue weighted by molar-refractivity contribution is 0.296. The van der Waals surface area contributed by atoms with Gasteiger partial charge in [-0.25, -0.2) is 4.99 Å². The fraction of sp³-hybridized carbons (Fsp3) is 0.533. The maximum Gasteiger partial charge on any atom is 0.189 e. The fourth-order valence-electron chi connectivity index (χ4n) is 1.95. The molecule has 1 heterocycles. The Labute approximate surface area is 120 Å². The summed E-state index contributed by atoms with van der Waals surface area (Å²) >= 11 is 0. The van der Waals surface area contributed by atoms with Gasteiger partial charge in [-0.3, -0.25) is 0 Å². The van der Waals surface area contributed by atoms with Crippen LogP contribution in [0.5, 0.6) is 11.5 Å². The molecular formula is C15H23N3O2. The van der Waals surface area contributed by atoms with Crippen molar-refractivity contribution < 1.29 is 9.47 Å². The smallest absolute Gasteiger partial charge is 0.189 e. The van der Waals surface area contributed by atoms with Gasteiger partial charge in [0.15, 0.2) is 17.5 Å². The molecule has 5 heteroatoms. The van der Waals surface area contributed by atoms with Gasteiger partial charge in [0.25, 0.3) is 0 Å². The van der Waals surface area contributed by atoms with Crippen LogP contribution in [0, 0.1) is 0 Å². The van der Waals surface area contributed by atoms with E-state index in [2.05, 4.69) is 24.2 Å². The van der Waals surface area contributed by atoms with Crippen molar-refractivity contribution in [1.82, 2.24) is 5.32 Å². The standard InChI is InChI=1S/C15H23N3O2/c1-3-11(2)18-15(16)17-10-12-6-4-7-13-14(12)20-9-5-8-19-13/h4,6-7,11H,3,5,8-10H2,1-2H3,(H3,16,17,18). The molecule has 0 saturated carbocycles. The highest BCUT2D eigenvalue weighted by Crippen LogP contribution is 2.33. The maximum absolute atomic E-state index is 5.87. The molecule has 2 rings (SSSR count). The van der Waals surface area contributed by atoms with Crippen LogP contribution in [0.25, 0.3) is 0 Å². The van der Waals surface area contributed by atoms with Crippen molar-refractivity contribution in [2.75, 3.05) is 13.2 Å². The minimum absolute atomic E-state index is 0.325. The van der Waals surface area contributed by atoms with Gasteiger partial charge in [-0.2, -0.15) is 0 Å². The van der Waals surface area contributed by atoms with Crippen LogP contribution in [0.2, 0.25) is 0 Å². The summed E-state index contributed by atoms with van der Waals surface area (Å²) in [5.74, 6) is 2.06. The molecule has 0 amide bonds. The first-order valence-corrected chi connectivity index (χ1v) is 7.14. The van der Waals surface area contributed by atoms with Gasteiger partial charge < -0.3 is 20.5 Å². The van der Waals surface area contributed by atoms with Crippen LogP contribution >= 0.6 is 0 Å². The number of rotatable bonds is 4. The summed E-state index contributed by atoms with van der Waals surface area (Å²) in [4.78, 5) is 4.37. The van der Waals surface area contributed by atoms with E-state index in [1.165, 1.54) is 0 Å². The second-order valence-corrected chi connectivity index (χ2v) is 4.95. The Morgan fingerprint density at radius 3 is 3.00 bits per heavy atom. The number of ether oxygens (including phenoxy) is 2. The number of nitrogens with one attached hydrogen (secondary N) is 1. The van der Waals surface area contributed by atoms with Gasteiger partial charge in [0.1, 0.15) is 0 Å². The largest absolute Gasteiger partial charge is 0.490 e. The van der Waals surface area contributed by atoms with Crippen LogP contribution in [-0.4, -0.2) is 25.2 Å². The minimum atomic E-state index is 0.325. The molecule has 3 N–H and O–H groups in total. The van der Waals surface area contributed by atoms with Gasteiger partial charge in [-0.15, -0.1) is 0 Å². The van der Waals surface area contributed by atoms with E-state index in [-0.39, 0.29) is 0 Å². The van der Waals surface area contributed by atoms with Crippen molar-refractivity contribution in [3.8, 4) is 11.5 Å². The van der Waals surface area contributed by atoms with Gasteiger partial charge in [-0.1, -0.05) is 19.1 Å². The molecule has 0 spiro atoms. The third kappa shape index (κ3) is 3.79. The Morgan fingerprint density at radius 1 is 1.40 bits per heavy atom. The highest BCUT2D eigenvalue weighted by Gasteiger charge is 2.14. The van der Waals surface area contributed by atoms with Crippen LogP contribution in [0.3, 0.4) is 0 Å². The zero-order valence-corrected chi connectivity index (χ0v) is 12.2. The average Bonchev–Trinajstić information content (AvgIpc) is 2.70. The molecular weight excluding hydrogens is 254 g/mol. The number of benzene rings is 1. The van der Waals surface area contributed by atoms with Crippen LogP contribution in [0.1, 0.15) is 32.3 Å². The lowest BCUT2D eigenvalue weighted by Gasteiger charge is -2.13. The summed E-state index contributed by atoms with van der Waals surface area (Å²) in [6.07, 6.45) is 1.91. The number of para-hydroxylation sites is 1. The predicted octanol–water partition coefficient (Wildman–Crippen LogP) is 2.05. The van der Waals surface area contributed by atoms with Crippen LogP contribution in [0.4, 0.5) is 0 Å². The number of nitrogens with zero attached hydrogens (tertiary/aromatic N) is 1. The Kier molecular flexibility index (Phi) is 5.09. The summed E-state index contributed by atoms with van der Waals surface area (Å²) in [6.45, 7) is 6.04. The normalized spacial score (nSPS) is 16.4. The average molecular weight is 277 g/mol. The second-order valence-electron chi connectivity index (χ2n) is 4.95. The molecule has 0 aliphatic carbocycles. The van der Waals surface area contributed by atoms with Gasteiger partial charge >= 0.3 is 0 Å². The van der Waals surface area contributed by atoms with Crippen LogP contribution in [0.15, 0.2) is 23.2 Å². The third-order valence-electron chi connectivity index (χ3n) is 3.28. The summed E-state index contributed by atoms with van der Waals surface area (Å²) in [5, 5.41) is 3.15. The molecule has 5 nitrogen and oxygen atoms in total. The molecule has 0 bridgehead atoms. The molecule has 1 aromatic rings. The molecule has 1 atom stereocenters. The van der Waals surface area contributed by atoms with Crippen molar-refractivity contribution in [2.45, 2.75) is 39.3 Å². The Balaban J connectivity index is 2.08. The third-order valence-corrected chi connectivity index (χ3v) is 3.28. The summed E-state index contributed by atoms with van der Waals surface area (Å²) in [5.41, 5.74) is 6.87. The van der Waals surface area contributed by atoms with E-state index < -0.39 is 0 Å². The molecule has 0 saturated heterocycles. The summed E-state index contributed by atoms with van der Waals surface area (Å²) in [7, 11) is 0. The topological polar surface area (TPSA) is 68.9 Å². The molecule has 1 aliphatic heterocycles. The van der Waals surface area contributed by atoms with Crippen molar-refractivity contribution >= 4 is 5.96 Å². The number of hydrogen-bond donors (Lipinski definition) is 2. The summed E-state index contributed by atoms with van der Waals surface area (Å²) in [6, 6.07) is 6.20. The van der Waals surface area contributed by atoms with Gasteiger partial charge in [0, 0.05) is 18.0 Å². The first-order chi connectivity index (χ1) is 9.70. The maximum atomic E-state index is 5.87. The van der Waals surface area contributed by atoms with Crippen molar-refractivity contribution in [3.63, 3.8) is 0 Å². The highest BCUT2D eigenvalue weighted by molar-refractivity contribution is 5.78. The SMILES string of the molecule is CCC(C)NC(N)=NCc1cccc2c1OCCCO2. The van der Waals surface area contributed by atoms with E-state index in [1.807, 2.05) is 18.2 Å². The number of aliphatic imine (C=N–C) groups is 1. The zero-order valence-electron chi connectivity index (χ0n) is 12.2. The van der Waals surface area contributed by atoms with Gasteiger partial charge in [0.2, 0.25) is 0 Å². The van der Waals surface area contributed by atoms with E-state index >= 15 is 0 Å². The predicted molar refractivity (Wildman–Crippen MR) is 80.3 cm³/mol. The van der Waals surface area contributed by atoms with Gasteiger partial charge in [-0.05, 0) is 19.4 Å². The van der Waals surface area contributed by atoms with Crippen LogP contribution in [-0.2, 0) is 6.54 Å². The lowest BCUT2D eigenvalue weighted by Crippen LogP contribution is -2.38. The van der Waals surface area contributed by atoms with Crippen molar-refractivity contribution in [3.05, 3.63) is 23.8 Å². The molecule has 0 fully saturated rings. The molecule has 0 radical (unpaired) electrons. The van der Waals surface area contributed by atoms with Crippen LogP contribution < -0.4 is 20.5 Å². The zero-order chi connectivity index (χ0) is 14.4. The van der Waals surface area contributed by atoms with E-state index in [1.54, 1.807) is 0 Å². The lowest BCUT2D eigenvalue weighted by atomic mass is 10.2. The van der Waals surface area contributed by atoms with E-state index in [0.29, 0.717) is 31.8 Å². The van der Waals surface area contributed by atoms with Crippen molar-refractivity contribution in [2.24, 2.45) is 10.7 Å². The number of hydrogen-bond acceptors (Lipinski definition) is 3. The quantitative estimate of drug-likeness (QED) is 0.653. The van der Waals surface area contributed by atoms with Crippen molar-refractivity contribution in [1.29, 1.82) is 0 Å². The molecule has 1 aliphatic rings. The number of guanidine groups is 1. The molecule has 1 unspecified atom stereocenters. The molecule has 110 valence electrons. The highest BCUT2D eigenvalue weighted by atomic mass is 16.5. The first kappa shape index (κ1) is 14.5. The van der Waals surface area contributed by atoms with E-state index in [4.69, 9.17) is 15.2 Å². The first-order valence-electron chi connectivity index (χ1n) is 7.14. The number of nitrogens with two attached hydrogens (primary N) is 1. The summed E-state index contributed by atoms with van der Waals surface area (Å²) < 4.78 is 11.4. The Morgan fingerprint density at radius 2 is 2.20 bits per heavy atom. The molecule has 0 aromatic heterocycles.